The molecule has 0 spiro atoms. The summed E-state index contributed by atoms with van der Waals surface area (Å²) in [4.78, 5) is 26.1. The Bertz CT molecular complexity index is 1080. The summed E-state index contributed by atoms with van der Waals surface area (Å²) in [6, 6.07) is 17.5. The minimum Gasteiger partial charge on any atom is -0.497 e. The summed E-state index contributed by atoms with van der Waals surface area (Å²) < 4.78 is 21.1. The summed E-state index contributed by atoms with van der Waals surface area (Å²) in [7, 11) is 6.20. The first-order valence-corrected chi connectivity index (χ1v) is 10.1. The molecule has 0 aliphatic rings. The van der Waals surface area contributed by atoms with E-state index in [0.29, 0.717) is 46.8 Å². The quantitative estimate of drug-likeness (QED) is 0.344. The Morgan fingerprint density at radius 2 is 1.16 bits per heavy atom. The molecule has 0 atom stereocenters. The summed E-state index contributed by atoms with van der Waals surface area (Å²) in [5, 5.41) is 0. The van der Waals surface area contributed by atoms with Crippen LogP contribution in [0.3, 0.4) is 0 Å². The van der Waals surface area contributed by atoms with Gasteiger partial charge in [0, 0.05) is 11.1 Å². The van der Waals surface area contributed by atoms with Crippen molar-refractivity contribution in [1.82, 2.24) is 0 Å². The van der Waals surface area contributed by atoms with Crippen molar-refractivity contribution in [1.29, 1.82) is 0 Å². The Morgan fingerprint density at radius 1 is 0.625 bits per heavy atom. The number of Topliss-reactive ketones (excluding diaryl/α,β-unsaturated/α-hetero) is 2. The molecule has 166 valence electrons. The molecule has 3 aromatic carbocycles. The number of methoxy groups -OCH3 is 4. The highest BCUT2D eigenvalue weighted by Gasteiger charge is 2.23. The van der Waals surface area contributed by atoms with E-state index in [4.69, 9.17) is 18.9 Å². The van der Waals surface area contributed by atoms with Crippen molar-refractivity contribution in [2.75, 3.05) is 28.4 Å². The van der Waals surface area contributed by atoms with Gasteiger partial charge in [-0.1, -0.05) is 12.1 Å². The third-order valence-electron chi connectivity index (χ3n) is 5.25. The van der Waals surface area contributed by atoms with Crippen LogP contribution in [0.1, 0.15) is 31.8 Å². The molecule has 6 heteroatoms. The number of carbonyl (C=O) groups is 2. The molecule has 0 bridgehead atoms. The van der Waals surface area contributed by atoms with Crippen LogP contribution in [-0.4, -0.2) is 40.0 Å². The Morgan fingerprint density at radius 3 is 1.69 bits per heavy atom. The SMILES string of the molecule is COc1ccc(CCc2cc(OC)c(OC)cc2C(=O)C(=O)c2ccc(OC)cc2)cc1. The second-order valence-corrected chi connectivity index (χ2v) is 7.10. The summed E-state index contributed by atoms with van der Waals surface area (Å²) in [6.45, 7) is 0. The zero-order chi connectivity index (χ0) is 23.1. The van der Waals surface area contributed by atoms with Gasteiger partial charge in [-0.3, -0.25) is 9.59 Å². The molecular weight excluding hydrogens is 408 g/mol. The average Bonchev–Trinajstić information content (AvgIpc) is 2.86. The number of hydrogen-bond acceptors (Lipinski definition) is 6. The highest BCUT2D eigenvalue weighted by atomic mass is 16.5. The molecule has 0 saturated carbocycles. The maximum atomic E-state index is 13.2. The molecule has 0 aliphatic carbocycles. The molecule has 0 radical (unpaired) electrons. The smallest absolute Gasteiger partial charge is 0.233 e. The molecule has 0 aliphatic heterocycles. The number of carbonyl (C=O) groups excluding carboxylic acids is 2. The molecule has 0 N–H and O–H groups in total. The third kappa shape index (κ3) is 5.09. The van der Waals surface area contributed by atoms with E-state index in [9.17, 15) is 9.59 Å². The van der Waals surface area contributed by atoms with Gasteiger partial charge in [-0.05, 0) is 72.5 Å². The fourth-order valence-electron chi connectivity index (χ4n) is 3.41. The number of ketones is 2. The van der Waals surface area contributed by atoms with Crippen LogP contribution in [0.4, 0.5) is 0 Å². The van der Waals surface area contributed by atoms with Crippen molar-refractivity contribution in [2.45, 2.75) is 12.8 Å². The largest absolute Gasteiger partial charge is 0.497 e. The maximum Gasteiger partial charge on any atom is 0.233 e. The van der Waals surface area contributed by atoms with Crippen LogP contribution in [0.25, 0.3) is 0 Å². The van der Waals surface area contributed by atoms with Gasteiger partial charge in [-0.25, -0.2) is 0 Å². The lowest BCUT2D eigenvalue weighted by molar-refractivity contribution is 0.0816. The first-order valence-electron chi connectivity index (χ1n) is 10.1. The third-order valence-corrected chi connectivity index (χ3v) is 5.25. The fourth-order valence-corrected chi connectivity index (χ4v) is 3.41. The molecule has 0 heterocycles. The van der Waals surface area contributed by atoms with Crippen molar-refractivity contribution in [3.63, 3.8) is 0 Å². The van der Waals surface area contributed by atoms with Gasteiger partial charge in [-0.15, -0.1) is 0 Å². The van der Waals surface area contributed by atoms with E-state index < -0.39 is 11.6 Å². The fraction of sp³-hybridized carbons (Fsp3) is 0.231. The molecule has 3 aromatic rings. The monoisotopic (exact) mass is 434 g/mol. The molecule has 32 heavy (non-hydrogen) atoms. The van der Waals surface area contributed by atoms with E-state index in [1.54, 1.807) is 50.6 Å². The molecule has 0 amide bonds. The summed E-state index contributed by atoms with van der Waals surface area (Å²) in [5.74, 6) is 1.10. The van der Waals surface area contributed by atoms with Gasteiger partial charge in [0.15, 0.2) is 11.5 Å². The van der Waals surface area contributed by atoms with Gasteiger partial charge in [0.05, 0.1) is 28.4 Å². The zero-order valence-electron chi connectivity index (χ0n) is 18.6. The molecule has 0 unspecified atom stereocenters. The Kier molecular flexibility index (Phi) is 7.49. The van der Waals surface area contributed by atoms with Gasteiger partial charge < -0.3 is 18.9 Å². The van der Waals surface area contributed by atoms with E-state index in [2.05, 4.69) is 0 Å². The van der Waals surface area contributed by atoms with Gasteiger partial charge in [-0.2, -0.15) is 0 Å². The second-order valence-electron chi connectivity index (χ2n) is 7.10. The van der Waals surface area contributed by atoms with Crippen LogP contribution >= 0.6 is 0 Å². The Balaban J connectivity index is 1.92. The topological polar surface area (TPSA) is 71.1 Å². The number of benzene rings is 3. The number of rotatable bonds is 10. The van der Waals surface area contributed by atoms with Gasteiger partial charge in [0.2, 0.25) is 11.6 Å². The number of aryl methyl sites for hydroxylation is 2. The lowest BCUT2D eigenvalue weighted by Gasteiger charge is -2.14. The molecule has 0 fully saturated rings. The highest BCUT2D eigenvalue weighted by Crippen LogP contribution is 2.32. The highest BCUT2D eigenvalue weighted by molar-refractivity contribution is 6.49. The Hall–Kier alpha value is -3.80. The lowest BCUT2D eigenvalue weighted by Crippen LogP contribution is -2.17. The van der Waals surface area contributed by atoms with Crippen LogP contribution in [0.2, 0.25) is 0 Å². The minimum absolute atomic E-state index is 0.298. The minimum atomic E-state index is -0.596. The lowest BCUT2D eigenvalue weighted by atomic mass is 9.93. The van der Waals surface area contributed by atoms with Crippen molar-refractivity contribution in [2.24, 2.45) is 0 Å². The molecule has 0 aromatic heterocycles. The number of hydrogen-bond donors (Lipinski definition) is 0. The normalized spacial score (nSPS) is 10.4. The van der Waals surface area contributed by atoms with Gasteiger partial charge in [0.1, 0.15) is 11.5 Å². The van der Waals surface area contributed by atoms with Crippen LogP contribution in [0.15, 0.2) is 60.7 Å². The average molecular weight is 434 g/mol. The van der Waals surface area contributed by atoms with Crippen LogP contribution in [0, 0.1) is 0 Å². The standard InChI is InChI=1S/C26H26O6/c1-29-20-11-6-17(7-12-20)5-8-19-15-23(31-3)24(32-4)16-22(19)26(28)25(27)18-9-13-21(30-2)14-10-18/h6-7,9-16H,5,8H2,1-4H3. The van der Waals surface area contributed by atoms with Crippen molar-refractivity contribution < 1.29 is 28.5 Å². The molecule has 0 saturated heterocycles. The van der Waals surface area contributed by atoms with Crippen LogP contribution in [-0.2, 0) is 12.8 Å². The first kappa shape index (κ1) is 22.9. The van der Waals surface area contributed by atoms with E-state index in [-0.39, 0.29) is 0 Å². The zero-order valence-corrected chi connectivity index (χ0v) is 18.6. The first-order chi connectivity index (χ1) is 15.5. The van der Waals surface area contributed by atoms with Gasteiger partial charge in [0.25, 0.3) is 0 Å². The molecular formula is C26H26O6. The molecule has 6 nitrogen and oxygen atoms in total. The summed E-state index contributed by atoms with van der Waals surface area (Å²) >= 11 is 0. The predicted octanol–water partition coefficient (Wildman–Crippen LogP) is 4.57. The van der Waals surface area contributed by atoms with E-state index in [0.717, 1.165) is 11.3 Å². The van der Waals surface area contributed by atoms with Gasteiger partial charge >= 0.3 is 0 Å². The van der Waals surface area contributed by atoms with Crippen molar-refractivity contribution >= 4 is 11.6 Å². The summed E-state index contributed by atoms with van der Waals surface area (Å²) in [5.41, 5.74) is 2.40. The van der Waals surface area contributed by atoms with E-state index >= 15 is 0 Å². The van der Waals surface area contributed by atoms with Crippen molar-refractivity contribution in [3.8, 4) is 23.0 Å². The number of ether oxygens (including phenoxy) is 4. The predicted molar refractivity (Wildman–Crippen MR) is 122 cm³/mol. The van der Waals surface area contributed by atoms with Crippen molar-refractivity contribution in [3.05, 3.63) is 82.9 Å². The second kappa shape index (κ2) is 10.5. The van der Waals surface area contributed by atoms with Crippen LogP contribution < -0.4 is 18.9 Å². The van der Waals surface area contributed by atoms with Crippen LogP contribution in [0.5, 0.6) is 23.0 Å². The maximum absolute atomic E-state index is 13.2. The Labute approximate surface area is 187 Å². The van der Waals surface area contributed by atoms with E-state index in [1.165, 1.54) is 14.2 Å². The molecule has 3 rings (SSSR count). The van der Waals surface area contributed by atoms with E-state index in [1.807, 2.05) is 24.3 Å². The summed E-state index contributed by atoms with van der Waals surface area (Å²) in [6.07, 6.45) is 1.22.